The van der Waals surface area contributed by atoms with Crippen molar-refractivity contribution in [1.82, 2.24) is 4.31 Å². The van der Waals surface area contributed by atoms with Gasteiger partial charge in [-0.15, -0.1) is 0 Å². The standard InChI is InChI=1S/C26H27NO4S/c1-21-13-15-26(16-14-21)32(29,30)27(19-23-9-5-3-6-10-23)18-17-25(20-31-22(2)28)24-11-7-4-8-12-24/h3-17H,18-20H2,1-2H3/b25-17-. The third kappa shape index (κ3) is 6.39. The highest BCUT2D eigenvalue weighted by atomic mass is 32.2. The summed E-state index contributed by atoms with van der Waals surface area (Å²) in [6.45, 7) is 3.71. The van der Waals surface area contributed by atoms with Crippen molar-refractivity contribution in [2.24, 2.45) is 0 Å². The van der Waals surface area contributed by atoms with Crippen LogP contribution in [-0.2, 0) is 26.1 Å². The normalized spacial score (nSPS) is 12.0. The molecule has 3 aromatic carbocycles. The quantitative estimate of drug-likeness (QED) is 0.439. The fourth-order valence-corrected chi connectivity index (χ4v) is 4.57. The van der Waals surface area contributed by atoms with E-state index in [9.17, 15) is 13.2 Å². The summed E-state index contributed by atoms with van der Waals surface area (Å²) in [5, 5.41) is 0. The highest BCUT2D eigenvalue weighted by Crippen LogP contribution is 2.21. The van der Waals surface area contributed by atoms with Crippen molar-refractivity contribution >= 4 is 21.6 Å². The summed E-state index contributed by atoms with van der Waals surface area (Å²) in [4.78, 5) is 11.6. The number of hydrogen-bond donors (Lipinski definition) is 0. The molecule has 0 aromatic heterocycles. The maximum Gasteiger partial charge on any atom is 0.302 e. The lowest BCUT2D eigenvalue weighted by Crippen LogP contribution is -2.31. The van der Waals surface area contributed by atoms with Crippen molar-refractivity contribution in [1.29, 1.82) is 0 Å². The van der Waals surface area contributed by atoms with Crippen LogP contribution in [0.15, 0.2) is 95.9 Å². The van der Waals surface area contributed by atoms with Gasteiger partial charge in [0, 0.05) is 20.0 Å². The first-order chi connectivity index (χ1) is 15.4. The Morgan fingerprint density at radius 1 is 0.906 bits per heavy atom. The Morgan fingerprint density at radius 2 is 1.50 bits per heavy atom. The van der Waals surface area contributed by atoms with Gasteiger partial charge < -0.3 is 4.74 Å². The lowest BCUT2D eigenvalue weighted by atomic mass is 10.1. The molecule has 0 amide bonds. The molecule has 0 saturated heterocycles. The third-order valence-electron chi connectivity index (χ3n) is 4.98. The minimum absolute atomic E-state index is 0.0725. The molecule has 0 N–H and O–H groups in total. The number of carbonyl (C=O) groups excluding carboxylic acids is 1. The molecule has 0 fully saturated rings. The third-order valence-corrected chi connectivity index (χ3v) is 6.80. The van der Waals surface area contributed by atoms with Crippen molar-refractivity contribution in [3.8, 4) is 0 Å². The average Bonchev–Trinajstić information content (AvgIpc) is 2.79. The lowest BCUT2D eigenvalue weighted by Gasteiger charge is -2.22. The first kappa shape index (κ1) is 23.4. The molecule has 3 aromatic rings. The number of rotatable bonds is 9. The van der Waals surface area contributed by atoms with Gasteiger partial charge in [-0.05, 0) is 35.8 Å². The van der Waals surface area contributed by atoms with Crippen LogP contribution in [0, 0.1) is 6.92 Å². The highest BCUT2D eigenvalue weighted by Gasteiger charge is 2.24. The van der Waals surface area contributed by atoms with Gasteiger partial charge in [0.15, 0.2) is 0 Å². The monoisotopic (exact) mass is 449 g/mol. The van der Waals surface area contributed by atoms with E-state index in [-0.39, 0.29) is 30.6 Å². The minimum Gasteiger partial charge on any atom is -0.461 e. The Balaban J connectivity index is 1.96. The van der Waals surface area contributed by atoms with Crippen molar-refractivity contribution in [2.45, 2.75) is 25.3 Å². The highest BCUT2D eigenvalue weighted by molar-refractivity contribution is 7.89. The number of carbonyl (C=O) groups is 1. The first-order valence-electron chi connectivity index (χ1n) is 10.3. The van der Waals surface area contributed by atoms with Gasteiger partial charge in [0.05, 0.1) is 4.90 Å². The Bertz CT molecular complexity index is 1160. The van der Waals surface area contributed by atoms with Crippen LogP contribution in [0.4, 0.5) is 0 Å². The SMILES string of the molecule is CC(=O)OC/C(=C/CN(Cc1ccccc1)S(=O)(=O)c1ccc(C)cc1)c1ccccc1. The molecule has 0 unspecified atom stereocenters. The average molecular weight is 450 g/mol. The molecule has 32 heavy (non-hydrogen) atoms. The fraction of sp³-hybridized carbons (Fsp3) is 0.192. The zero-order valence-electron chi connectivity index (χ0n) is 18.3. The van der Waals surface area contributed by atoms with Crippen molar-refractivity contribution in [3.05, 3.63) is 108 Å². The van der Waals surface area contributed by atoms with Gasteiger partial charge in [-0.3, -0.25) is 4.79 Å². The van der Waals surface area contributed by atoms with Crippen LogP contribution < -0.4 is 0 Å². The number of nitrogens with zero attached hydrogens (tertiary/aromatic N) is 1. The summed E-state index contributed by atoms with van der Waals surface area (Å²) in [5.74, 6) is -0.389. The van der Waals surface area contributed by atoms with Crippen LogP contribution in [0.1, 0.15) is 23.6 Å². The molecule has 0 aliphatic heterocycles. The second kappa shape index (κ2) is 10.9. The minimum atomic E-state index is -3.74. The van der Waals surface area contributed by atoms with Crippen LogP contribution >= 0.6 is 0 Å². The van der Waals surface area contributed by atoms with Crippen molar-refractivity contribution in [3.63, 3.8) is 0 Å². The summed E-state index contributed by atoms with van der Waals surface area (Å²) < 4.78 is 33.6. The largest absolute Gasteiger partial charge is 0.461 e. The smallest absolute Gasteiger partial charge is 0.302 e. The Labute approximate surface area is 190 Å². The van der Waals surface area contributed by atoms with Gasteiger partial charge in [0.25, 0.3) is 0 Å². The zero-order valence-corrected chi connectivity index (χ0v) is 19.1. The van der Waals surface area contributed by atoms with Crippen molar-refractivity contribution in [2.75, 3.05) is 13.2 Å². The lowest BCUT2D eigenvalue weighted by molar-refractivity contribution is -0.139. The molecule has 3 rings (SSSR count). The molecule has 0 spiro atoms. The molecule has 166 valence electrons. The van der Waals surface area contributed by atoms with Gasteiger partial charge >= 0.3 is 5.97 Å². The van der Waals surface area contributed by atoms with Gasteiger partial charge in [-0.2, -0.15) is 4.31 Å². The van der Waals surface area contributed by atoms with Crippen molar-refractivity contribution < 1.29 is 17.9 Å². The maximum atomic E-state index is 13.5. The zero-order chi connectivity index (χ0) is 23.0. The molecule has 0 aliphatic rings. The van der Waals surface area contributed by atoms with Gasteiger partial charge in [0.1, 0.15) is 6.61 Å². The molecule has 0 saturated carbocycles. The van der Waals surface area contributed by atoms with Crippen LogP contribution in [0.2, 0.25) is 0 Å². The Hall–Kier alpha value is -3.22. The van der Waals surface area contributed by atoms with E-state index in [0.717, 1.165) is 22.3 Å². The van der Waals surface area contributed by atoms with E-state index < -0.39 is 10.0 Å². The number of ether oxygens (including phenoxy) is 1. The Kier molecular flexibility index (Phi) is 7.98. The van der Waals surface area contributed by atoms with Crippen LogP contribution in [0.5, 0.6) is 0 Å². The fourth-order valence-electron chi connectivity index (χ4n) is 3.20. The van der Waals surface area contributed by atoms with E-state index >= 15 is 0 Å². The number of benzene rings is 3. The van der Waals surface area contributed by atoms with E-state index in [4.69, 9.17) is 4.74 Å². The van der Waals surface area contributed by atoms with E-state index in [0.29, 0.717) is 0 Å². The van der Waals surface area contributed by atoms with E-state index in [1.54, 1.807) is 24.3 Å². The van der Waals surface area contributed by atoms with E-state index in [1.807, 2.05) is 73.7 Å². The summed E-state index contributed by atoms with van der Waals surface area (Å²) in [5.41, 5.74) is 3.50. The molecule has 0 radical (unpaired) electrons. The molecule has 6 heteroatoms. The van der Waals surface area contributed by atoms with Crippen LogP contribution in [-0.4, -0.2) is 31.8 Å². The maximum absolute atomic E-state index is 13.5. The number of esters is 1. The Morgan fingerprint density at radius 3 is 2.09 bits per heavy atom. The predicted octanol–water partition coefficient (Wildman–Crippen LogP) is 4.83. The number of aryl methyl sites for hydroxylation is 1. The number of sulfonamides is 1. The molecule has 0 aliphatic carbocycles. The topological polar surface area (TPSA) is 63.7 Å². The molecule has 5 nitrogen and oxygen atoms in total. The second-order valence-electron chi connectivity index (χ2n) is 7.47. The molecular weight excluding hydrogens is 422 g/mol. The summed E-state index contributed by atoms with van der Waals surface area (Å²) in [7, 11) is -3.74. The van der Waals surface area contributed by atoms with Crippen LogP contribution in [0.3, 0.4) is 0 Å². The van der Waals surface area contributed by atoms with Gasteiger partial charge in [-0.25, -0.2) is 8.42 Å². The molecule has 0 atom stereocenters. The predicted molar refractivity (Wildman–Crippen MR) is 126 cm³/mol. The molecule has 0 heterocycles. The molecule has 0 bridgehead atoms. The van der Waals surface area contributed by atoms with Gasteiger partial charge in [-0.1, -0.05) is 84.4 Å². The first-order valence-corrected chi connectivity index (χ1v) is 11.8. The second-order valence-corrected chi connectivity index (χ2v) is 9.41. The van der Waals surface area contributed by atoms with E-state index in [1.165, 1.54) is 11.2 Å². The summed E-state index contributed by atoms with van der Waals surface area (Å²) in [6.07, 6.45) is 1.81. The van der Waals surface area contributed by atoms with Crippen LogP contribution in [0.25, 0.3) is 5.57 Å². The summed E-state index contributed by atoms with van der Waals surface area (Å²) in [6, 6.07) is 25.8. The summed E-state index contributed by atoms with van der Waals surface area (Å²) >= 11 is 0. The van der Waals surface area contributed by atoms with E-state index in [2.05, 4.69) is 0 Å². The van der Waals surface area contributed by atoms with Gasteiger partial charge in [0.2, 0.25) is 10.0 Å². The molecular formula is C26H27NO4S. The number of hydrogen-bond acceptors (Lipinski definition) is 4.